The molecule has 8 atom stereocenters. The summed E-state index contributed by atoms with van der Waals surface area (Å²) < 4.78 is 5.92. The van der Waals surface area contributed by atoms with Crippen LogP contribution in [0.1, 0.15) is 12.8 Å². The number of epoxide rings is 1. The van der Waals surface area contributed by atoms with Crippen molar-refractivity contribution in [3.8, 4) is 0 Å². The van der Waals surface area contributed by atoms with Crippen molar-refractivity contribution in [2.24, 2.45) is 47.3 Å². The minimum absolute atomic E-state index is 0.505. The molecule has 1 aliphatic heterocycles. The molecular formula is C12H14O. The molecule has 1 nitrogen and oxygen atoms in total. The number of hydrogen-bond donors (Lipinski definition) is 0. The molecule has 1 saturated heterocycles. The first-order valence-corrected chi connectivity index (χ1v) is 6.06. The van der Waals surface area contributed by atoms with Crippen LogP contribution in [-0.4, -0.2) is 12.2 Å². The zero-order valence-corrected chi connectivity index (χ0v) is 7.65. The Labute approximate surface area is 77.8 Å². The van der Waals surface area contributed by atoms with Crippen LogP contribution in [0, 0.1) is 47.3 Å². The first kappa shape index (κ1) is 5.75. The zero-order valence-electron chi connectivity index (χ0n) is 7.65. The first-order chi connectivity index (χ1) is 6.42. The van der Waals surface area contributed by atoms with Gasteiger partial charge in [0.1, 0.15) is 0 Å². The second-order valence-corrected chi connectivity index (χ2v) is 6.58. The molecule has 0 aromatic carbocycles. The molecule has 1 spiro atoms. The SMILES string of the molecule is C1C2C3CC4C2C2C1C3C4C21CO1. The van der Waals surface area contributed by atoms with E-state index in [2.05, 4.69) is 0 Å². The van der Waals surface area contributed by atoms with Gasteiger partial charge in [0.15, 0.2) is 0 Å². The van der Waals surface area contributed by atoms with E-state index in [4.69, 9.17) is 4.74 Å². The first-order valence-electron chi connectivity index (χ1n) is 6.06. The van der Waals surface area contributed by atoms with Crippen molar-refractivity contribution < 1.29 is 4.74 Å². The molecule has 7 rings (SSSR count). The highest BCUT2D eigenvalue weighted by Gasteiger charge is 2.88. The molecule has 7 fully saturated rings. The highest BCUT2D eigenvalue weighted by atomic mass is 16.6. The zero-order chi connectivity index (χ0) is 7.95. The van der Waals surface area contributed by atoms with Crippen LogP contribution in [0.25, 0.3) is 0 Å². The molecule has 7 aliphatic rings. The van der Waals surface area contributed by atoms with Crippen molar-refractivity contribution in [2.45, 2.75) is 18.4 Å². The van der Waals surface area contributed by atoms with Gasteiger partial charge < -0.3 is 4.74 Å². The van der Waals surface area contributed by atoms with Gasteiger partial charge in [-0.1, -0.05) is 0 Å². The predicted molar refractivity (Wildman–Crippen MR) is 45.8 cm³/mol. The molecule has 0 aromatic heterocycles. The van der Waals surface area contributed by atoms with Crippen molar-refractivity contribution in [3.63, 3.8) is 0 Å². The monoisotopic (exact) mass is 174 g/mol. The third-order valence-electron chi connectivity index (χ3n) is 6.97. The van der Waals surface area contributed by atoms with E-state index in [-0.39, 0.29) is 0 Å². The second kappa shape index (κ2) is 1.25. The molecular weight excluding hydrogens is 160 g/mol. The summed E-state index contributed by atoms with van der Waals surface area (Å²) in [4.78, 5) is 0. The Morgan fingerprint density at radius 3 is 1.85 bits per heavy atom. The average molecular weight is 174 g/mol. The number of hydrogen-bond acceptors (Lipinski definition) is 1. The Bertz CT molecular complexity index is 315. The summed E-state index contributed by atoms with van der Waals surface area (Å²) in [5.74, 6) is 9.11. The molecule has 8 unspecified atom stereocenters. The third kappa shape index (κ3) is 0.319. The fourth-order valence-corrected chi connectivity index (χ4v) is 7.29. The van der Waals surface area contributed by atoms with Gasteiger partial charge in [0, 0.05) is 0 Å². The van der Waals surface area contributed by atoms with Gasteiger partial charge >= 0.3 is 0 Å². The van der Waals surface area contributed by atoms with Gasteiger partial charge in [0.25, 0.3) is 0 Å². The molecule has 13 heavy (non-hydrogen) atoms. The van der Waals surface area contributed by atoms with Crippen LogP contribution in [-0.2, 0) is 4.74 Å². The largest absolute Gasteiger partial charge is 0.369 e. The molecule has 68 valence electrons. The van der Waals surface area contributed by atoms with Crippen molar-refractivity contribution in [3.05, 3.63) is 0 Å². The van der Waals surface area contributed by atoms with E-state index in [1.54, 1.807) is 12.8 Å². The van der Waals surface area contributed by atoms with E-state index in [0.717, 1.165) is 42.1 Å². The van der Waals surface area contributed by atoms with Gasteiger partial charge in [-0.05, 0) is 60.2 Å². The van der Waals surface area contributed by atoms with Gasteiger partial charge in [0.2, 0.25) is 0 Å². The Kier molecular flexibility index (Phi) is 0.551. The lowest BCUT2D eigenvalue weighted by molar-refractivity contribution is 0.132. The summed E-state index contributed by atoms with van der Waals surface area (Å²) in [6.45, 7) is 1.15. The summed E-state index contributed by atoms with van der Waals surface area (Å²) in [7, 11) is 0. The summed E-state index contributed by atoms with van der Waals surface area (Å²) in [5, 5.41) is 0. The number of rotatable bonds is 0. The van der Waals surface area contributed by atoms with Gasteiger partial charge in [-0.2, -0.15) is 0 Å². The lowest BCUT2D eigenvalue weighted by Crippen LogP contribution is -2.30. The highest BCUT2D eigenvalue weighted by Crippen LogP contribution is 2.87. The average Bonchev–Trinajstić information content (AvgIpc) is 2.43. The van der Waals surface area contributed by atoms with E-state index < -0.39 is 0 Å². The van der Waals surface area contributed by atoms with E-state index in [1.165, 1.54) is 11.8 Å². The maximum absolute atomic E-state index is 5.92. The minimum atomic E-state index is 0.505. The second-order valence-electron chi connectivity index (χ2n) is 6.58. The Hall–Kier alpha value is -0.0400. The quantitative estimate of drug-likeness (QED) is 0.507. The molecule has 6 aliphatic carbocycles. The maximum atomic E-state index is 5.92. The minimum Gasteiger partial charge on any atom is -0.369 e. The molecule has 0 radical (unpaired) electrons. The van der Waals surface area contributed by atoms with Crippen molar-refractivity contribution >= 4 is 0 Å². The molecule has 0 amide bonds. The number of ether oxygens (including phenoxy) is 1. The molecule has 1 heteroatoms. The highest BCUT2D eigenvalue weighted by molar-refractivity contribution is 5.35. The van der Waals surface area contributed by atoms with Crippen LogP contribution in [0.5, 0.6) is 0 Å². The van der Waals surface area contributed by atoms with Crippen LogP contribution in [0.2, 0.25) is 0 Å². The summed E-state index contributed by atoms with van der Waals surface area (Å²) in [5.41, 5.74) is 0.505. The topological polar surface area (TPSA) is 12.5 Å². The lowest BCUT2D eigenvalue weighted by atomic mass is 9.71. The van der Waals surface area contributed by atoms with Crippen LogP contribution in [0.4, 0.5) is 0 Å². The Balaban J connectivity index is 1.78. The smallest absolute Gasteiger partial charge is 0.0983 e. The van der Waals surface area contributed by atoms with Gasteiger partial charge in [-0.15, -0.1) is 0 Å². The van der Waals surface area contributed by atoms with E-state index in [1.807, 2.05) is 0 Å². The Morgan fingerprint density at radius 1 is 0.846 bits per heavy atom. The van der Waals surface area contributed by atoms with Gasteiger partial charge in [-0.25, -0.2) is 0 Å². The summed E-state index contributed by atoms with van der Waals surface area (Å²) in [6.07, 6.45) is 3.23. The summed E-state index contributed by atoms with van der Waals surface area (Å²) in [6, 6.07) is 0. The van der Waals surface area contributed by atoms with Gasteiger partial charge in [-0.3, -0.25) is 0 Å². The molecule has 6 bridgehead atoms. The molecule has 1 heterocycles. The molecule has 6 saturated carbocycles. The van der Waals surface area contributed by atoms with E-state index in [0.29, 0.717) is 5.60 Å². The van der Waals surface area contributed by atoms with Crippen LogP contribution in [0.3, 0.4) is 0 Å². The fourth-order valence-electron chi connectivity index (χ4n) is 7.29. The van der Waals surface area contributed by atoms with Crippen molar-refractivity contribution in [1.82, 2.24) is 0 Å². The third-order valence-corrected chi connectivity index (χ3v) is 6.97. The predicted octanol–water partition coefficient (Wildman–Crippen LogP) is 1.53. The van der Waals surface area contributed by atoms with Crippen LogP contribution in [0.15, 0.2) is 0 Å². The summed E-state index contributed by atoms with van der Waals surface area (Å²) >= 11 is 0. The molecule has 0 aromatic rings. The van der Waals surface area contributed by atoms with Crippen LogP contribution < -0.4 is 0 Å². The van der Waals surface area contributed by atoms with Gasteiger partial charge in [0.05, 0.1) is 12.2 Å². The van der Waals surface area contributed by atoms with Crippen LogP contribution >= 0.6 is 0 Å². The maximum Gasteiger partial charge on any atom is 0.0983 e. The fraction of sp³-hybridized carbons (Fsp3) is 1.00. The lowest BCUT2D eigenvalue weighted by Gasteiger charge is -2.33. The standard InChI is InChI=1S/C12H14O/c1-4-5-2-7-8(4)10-6(1)9(5)11(7)12(10)3-13-12/h4-11H,1-3H2. The van der Waals surface area contributed by atoms with Crippen molar-refractivity contribution in [1.29, 1.82) is 0 Å². The molecule has 0 N–H and O–H groups in total. The normalized spacial score (nSPS) is 88.6. The van der Waals surface area contributed by atoms with E-state index in [9.17, 15) is 0 Å². The van der Waals surface area contributed by atoms with Crippen molar-refractivity contribution in [2.75, 3.05) is 6.61 Å². The Morgan fingerprint density at radius 2 is 1.38 bits per heavy atom. The van der Waals surface area contributed by atoms with E-state index >= 15 is 0 Å².